The summed E-state index contributed by atoms with van der Waals surface area (Å²) in [7, 11) is 1.98. The van der Waals surface area contributed by atoms with E-state index in [9.17, 15) is 0 Å². The van der Waals surface area contributed by atoms with E-state index >= 15 is 0 Å². The zero-order chi connectivity index (χ0) is 11.3. The van der Waals surface area contributed by atoms with Crippen molar-refractivity contribution in [2.75, 3.05) is 13.6 Å². The largest absolute Gasteiger partial charge is 0.491 e. The molecular formula is C13H21NO. The molecular weight excluding hydrogens is 186 g/mol. The minimum Gasteiger partial charge on any atom is -0.491 e. The molecule has 0 saturated carbocycles. The van der Waals surface area contributed by atoms with Crippen LogP contribution in [0.15, 0.2) is 18.2 Å². The van der Waals surface area contributed by atoms with E-state index in [1.165, 1.54) is 11.1 Å². The number of nitrogens with one attached hydrogen (secondary N) is 1. The van der Waals surface area contributed by atoms with Gasteiger partial charge in [0.1, 0.15) is 5.75 Å². The Morgan fingerprint density at radius 2 is 2.07 bits per heavy atom. The molecule has 15 heavy (non-hydrogen) atoms. The molecule has 84 valence electrons. The van der Waals surface area contributed by atoms with E-state index < -0.39 is 0 Å². The highest BCUT2D eigenvalue weighted by atomic mass is 16.5. The van der Waals surface area contributed by atoms with Gasteiger partial charge >= 0.3 is 0 Å². The Hall–Kier alpha value is -1.02. The van der Waals surface area contributed by atoms with Gasteiger partial charge in [0.15, 0.2) is 0 Å². The van der Waals surface area contributed by atoms with Gasteiger partial charge in [-0.3, -0.25) is 0 Å². The van der Waals surface area contributed by atoms with Crippen LogP contribution in [-0.2, 0) is 6.42 Å². The first-order valence-electron chi connectivity index (χ1n) is 5.54. The number of hydrogen-bond acceptors (Lipinski definition) is 2. The zero-order valence-electron chi connectivity index (χ0n) is 10.1. The highest BCUT2D eigenvalue weighted by Gasteiger charge is 2.02. The summed E-state index contributed by atoms with van der Waals surface area (Å²) in [6.07, 6.45) is 1.32. The lowest BCUT2D eigenvalue weighted by molar-refractivity contribution is 0.242. The van der Waals surface area contributed by atoms with Crippen molar-refractivity contribution in [2.45, 2.75) is 33.3 Å². The molecule has 0 aliphatic heterocycles. The van der Waals surface area contributed by atoms with Crippen LogP contribution in [0.3, 0.4) is 0 Å². The van der Waals surface area contributed by atoms with E-state index in [1.54, 1.807) is 0 Å². The molecule has 1 N–H and O–H groups in total. The van der Waals surface area contributed by atoms with Crippen molar-refractivity contribution >= 4 is 0 Å². The molecule has 1 rings (SSSR count). The predicted molar refractivity (Wildman–Crippen MR) is 64.6 cm³/mol. The van der Waals surface area contributed by atoms with Gasteiger partial charge in [-0.05, 0) is 64.0 Å². The van der Waals surface area contributed by atoms with Crippen LogP contribution in [0.2, 0.25) is 0 Å². The summed E-state index contributed by atoms with van der Waals surface area (Å²) >= 11 is 0. The molecule has 0 unspecified atom stereocenters. The van der Waals surface area contributed by atoms with Gasteiger partial charge in [-0.1, -0.05) is 6.07 Å². The fourth-order valence-corrected chi connectivity index (χ4v) is 1.55. The maximum absolute atomic E-state index is 5.64. The lowest BCUT2D eigenvalue weighted by Crippen LogP contribution is -2.11. The van der Waals surface area contributed by atoms with Gasteiger partial charge in [0.2, 0.25) is 0 Å². The van der Waals surface area contributed by atoms with Crippen molar-refractivity contribution in [3.8, 4) is 5.75 Å². The molecule has 0 fully saturated rings. The summed E-state index contributed by atoms with van der Waals surface area (Å²) in [5.41, 5.74) is 2.70. The second-order valence-electron chi connectivity index (χ2n) is 4.11. The van der Waals surface area contributed by atoms with Crippen LogP contribution in [0.4, 0.5) is 0 Å². The molecule has 0 bridgehead atoms. The monoisotopic (exact) mass is 207 g/mol. The van der Waals surface area contributed by atoms with Crippen molar-refractivity contribution in [3.05, 3.63) is 29.3 Å². The number of likely N-dealkylation sites (N-methyl/N-ethyl adjacent to an activating group) is 1. The van der Waals surface area contributed by atoms with Gasteiger partial charge in [0.25, 0.3) is 0 Å². The quantitative estimate of drug-likeness (QED) is 0.801. The van der Waals surface area contributed by atoms with Crippen LogP contribution >= 0.6 is 0 Å². The minimum absolute atomic E-state index is 0.243. The number of ether oxygens (including phenoxy) is 1. The van der Waals surface area contributed by atoms with E-state index in [0.717, 1.165) is 18.7 Å². The Morgan fingerprint density at radius 1 is 1.33 bits per heavy atom. The lowest BCUT2D eigenvalue weighted by atomic mass is 10.1. The molecule has 0 radical (unpaired) electrons. The van der Waals surface area contributed by atoms with Gasteiger partial charge in [0, 0.05) is 0 Å². The van der Waals surface area contributed by atoms with Crippen LogP contribution in [0.5, 0.6) is 5.75 Å². The molecule has 2 nitrogen and oxygen atoms in total. The molecule has 0 saturated heterocycles. The summed E-state index contributed by atoms with van der Waals surface area (Å²) in [6, 6.07) is 6.33. The summed E-state index contributed by atoms with van der Waals surface area (Å²) in [5, 5.41) is 3.16. The third-order valence-corrected chi connectivity index (χ3v) is 2.33. The Bertz CT molecular complexity index is 307. The minimum atomic E-state index is 0.243. The zero-order valence-corrected chi connectivity index (χ0v) is 10.1. The molecule has 0 heterocycles. The fourth-order valence-electron chi connectivity index (χ4n) is 1.55. The fraction of sp³-hybridized carbons (Fsp3) is 0.538. The smallest absolute Gasteiger partial charge is 0.119 e. The number of aryl methyl sites for hydroxylation is 1. The number of hydrogen-bond donors (Lipinski definition) is 1. The van der Waals surface area contributed by atoms with E-state index in [2.05, 4.69) is 30.4 Å². The van der Waals surface area contributed by atoms with Gasteiger partial charge in [-0.15, -0.1) is 0 Å². The second kappa shape index (κ2) is 5.76. The average molecular weight is 207 g/mol. The summed E-state index contributed by atoms with van der Waals surface area (Å²) in [6.45, 7) is 7.25. The molecule has 0 aromatic heterocycles. The molecule has 0 aliphatic rings. The Kier molecular flexibility index (Phi) is 4.63. The lowest BCUT2D eigenvalue weighted by Gasteiger charge is -2.12. The average Bonchev–Trinajstić information content (AvgIpc) is 2.15. The van der Waals surface area contributed by atoms with E-state index in [0.29, 0.717) is 0 Å². The highest BCUT2D eigenvalue weighted by Crippen LogP contribution is 2.18. The van der Waals surface area contributed by atoms with Gasteiger partial charge < -0.3 is 10.1 Å². The third kappa shape index (κ3) is 3.92. The van der Waals surface area contributed by atoms with Gasteiger partial charge in [-0.25, -0.2) is 0 Å². The Labute approximate surface area is 92.6 Å². The molecule has 0 aliphatic carbocycles. The standard InChI is InChI=1S/C13H21NO/c1-10(2)15-13-6-5-12(7-8-14-4)11(3)9-13/h5-6,9-10,14H,7-8H2,1-4H3. The predicted octanol–water partition coefficient (Wildman–Crippen LogP) is 2.54. The summed E-state index contributed by atoms with van der Waals surface area (Å²) < 4.78 is 5.64. The van der Waals surface area contributed by atoms with Gasteiger partial charge in [-0.2, -0.15) is 0 Å². The maximum atomic E-state index is 5.64. The SMILES string of the molecule is CNCCc1ccc(OC(C)C)cc1C. The first-order valence-corrected chi connectivity index (χ1v) is 5.54. The van der Waals surface area contributed by atoms with Crippen LogP contribution in [0.1, 0.15) is 25.0 Å². The van der Waals surface area contributed by atoms with Crippen LogP contribution in [0.25, 0.3) is 0 Å². The topological polar surface area (TPSA) is 21.3 Å². The van der Waals surface area contributed by atoms with Crippen molar-refractivity contribution < 1.29 is 4.74 Å². The van der Waals surface area contributed by atoms with Crippen LogP contribution in [-0.4, -0.2) is 19.7 Å². The first kappa shape index (κ1) is 12.1. The Morgan fingerprint density at radius 3 is 2.60 bits per heavy atom. The molecule has 2 heteroatoms. The van der Waals surface area contributed by atoms with Crippen molar-refractivity contribution in [1.82, 2.24) is 5.32 Å². The third-order valence-electron chi connectivity index (χ3n) is 2.33. The van der Waals surface area contributed by atoms with Crippen molar-refractivity contribution in [1.29, 1.82) is 0 Å². The first-order chi connectivity index (χ1) is 7.13. The normalized spacial score (nSPS) is 10.7. The van der Waals surface area contributed by atoms with Crippen molar-refractivity contribution in [2.24, 2.45) is 0 Å². The van der Waals surface area contributed by atoms with E-state index in [-0.39, 0.29) is 6.10 Å². The van der Waals surface area contributed by atoms with Crippen molar-refractivity contribution in [3.63, 3.8) is 0 Å². The molecule has 0 atom stereocenters. The second-order valence-corrected chi connectivity index (χ2v) is 4.11. The molecule has 0 spiro atoms. The molecule has 1 aromatic carbocycles. The van der Waals surface area contributed by atoms with E-state index in [4.69, 9.17) is 4.74 Å². The Balaban J connectivity index is 2.69. The highest BCUT2D eigenvalue weighted by molar-refractivity contribution is 5.35. The van der Waals surface area contributed by atoms with Crippen LogP contribution < -0.4 is 10.1 Å². The summed E-state index contributed by atoms with van der Waals surface area (Å²) in [5.74, 6) is 0.968. The molecule has 1 aromatic rings. The van der Waals surface area contributed by atoms with Crippen LogP contribution in [0, 0.1) is 6.92 Å². The maximum Gasteiger partial charge on any atom is 0.119 e. The number of benzene rings is 1. The number of rotatable bonds is 5. The van der Waals surface area contributed by atoms with Gasteiger partial charge in [0.05, 0.1) is 6.10 Å². The van der Waals surface area contributed by atoms with E-state index in [1.807, 2.05) is 20.9 Å². The summed E-state index contributed by atoms with van der Waals surface area (Å²) in [4.78, 5) is 0. The molecule has 0 amide bonds.